The maximum Gasteiger partial charge on any atom is 0.303 e. The maximum absolute atomic E-state index is 12.2. The van der Waals surface area contributed by atoms with Gasteiger partial charge in [-0.15, -0.1) is 0 Å². The summed E-state index contributed by atoms with van der Waals surface area (Å²) < 4.78 is 0. The third-order valence-electron chi connectivity index (χ3n) is 5.08. The van der Waals surface area contributed by atoms with Crippen LogP contribution in [-0.4, -0.2) is 23.5 Å². The van der Waals surface area contributed by atoms with Gasteiger partial charge in [-0.1, -0.05) is 26.2 Å². The molecule has 0 heterocycles. The van der Waals surface area contributed by atoms with Gasteiger partial charge in [-0.2, -0.15) is 0 Å². The number of hydrogen-bond donors (Lipinski definition) is 2. The molecule has 108 valence electrons. The van der Waals surface area contributed by atoms with Crippen LogP contribution in [0.3, 0.4) is 0 Å². The monoisotopic (exact) mass is 267 g/mol. The Kier molecular flexibility index (Phi) is 4.16. The number of carboxylic acids is 1. The zero-order valence-electron chi connectivity index (χ0n) is 11.8. The van der Waals surface area contributed by atoms with Crippen molar-refractivity contribution in [2.75, 3.05) is 6.54 Å². The van der Waals surface area contributed by atoms with Crippen LogP contribution >= 0.6 is 0 Å². The van der Waals surface area contributed by atoms with E-state index in [4.69, 9.17) is 5.11 Å². The molecule has 0 bridgehead atoms. The number of carbonyl (C=O) groups excluding carboxylic acids is 1. The predicted molar refractivity (Wildman–Crippen MR) is 72.7 cm³/mol. The van der Waals surface area contributed by atoms with Gasteiger partial charge in [0.05, 0.1) is 6.42 Å². The molecule has 2 saturated carbocycles. The molecule has 0 aromatic carbocycles. The lowest BCUT2D eigenvalue weighted by atomic mass is 9.71. The molecule has 0 atom stereocenters. The summed E-state index contributed by atoms with van der Waals surface area (Å²) >= 11 is 0. The van der Waals surface area contributed by atoms with Crippen molar-refractivity contribution < 1.29 is 14.7 Å². The highest BCUT2D eigenvalue weighted by molar-refractivity contribution is 5.85. The van der Waals surface area contributed by atoms with Gasteiger partial charge in [0, 0.05) is 12.0 Å². The van der Waals surface area contributed by atoms with Gasteiger partial charge in [0.2, 0.25) is 5.91 Å². The summed E-state index contributed by atoms with van der Waals surface area (Å²) in [7, 11) is 0. The van der Waals surface area contributed by atoms with Crippen molar-refractivity contribution in [2.24, 2.45) is 10.8 Å². The van der Waals surface area contributed by atoms with Gasteiger partial charge in [-0.25, -0.2) is 0 Å². The summed E-state index contributed by atoms with van der Waals surface area (Å²) in [6, 6.07) is 0. The molecule has 0 aromatic heterocycles. The highest BCUT2D eigenvalue weighted by atomic mass is 16.4. The second-order valence-electron chi connectivity index (χ2n) is 6.45. The summed E-state index contributed by atoms with van der Waals surface area (Å²) in [5, 5.41) is 12.2. The second kappa shape index (κ2) is 5.51. The van der Waals surface area contributed by atoms with E-state index in [9.17, 15) is 9.59 Å². The summed E-state index contributed by atoms with van der Waals surface area (Å²) in [6.07, 6.45) is 8.27. The van der Waals surface area contributed by atoms with Crippen molar-refractivity contribution in [2.45, 2.75) is 64.7 Å². The molecule has 0 aliphatic heterocycles. The molecule has 2 rings (SSSR count). The van der Waals surface area contributed by atoms with Crippen LogP contribution in [0, 0.1) is 10.8 Å². The standard InChI is InChI=1S/C15H25NO3/c1-2-15(8-9-15)13(19)16-11-14(10-12(17)18)6-4-3-5-7-14/h2-11H2,1H3,(H,16,19)(H,17,18). The molecule has 0 spiro atoms. The Morgan fingerprint density at radius 2 is 1.74 bits per heavy atom. The minimum absolute atomic E-state index is 0.126. The molecule has 1 amide bonds. The molecule has 2 aliphatic carbocycles. The molecule has 19 heavy (non-hydrogen) atoms. The summed E-state index contributed by atoms with van der Waals surface area (Å²) in [5.41, 5.74) is -0.331. The third-order valence-corrected chi connectivity index (χ3v) is 5.08. The number of amides is 1. The Balaban J connectivity index is 1.93. The van der Waals surface area contributed by atoms with E-state index in [0.717, 1.165) is 44.9 Å². The Morgan fingerprint density at radius 1 is 1.11 bits per heavy atom. The number of carboxylic acid groups (broad SMARTS) is 1. The zero-order valence-corrected chi connectivity index (χ0v) is 11.8. The lowest BCUT2D eigenvalue weighted by Crippen LogP contribution is -2.43. The van der Waals surface area contributed by atoms with Crippen LogP contribution < -0.4 is 5.32 Å². The molecule has 0 aromatic rings. The SMILES string of the molecule is CCC1(C(=O)NCC2(CC(=O)O)CCCCC2)CC1. The van der Waals surface area contributed by atoms with Crippen molar-refractivity contribution in [1.82, 2.24) is 5.32 Å². The van der Waals surface area contributed by atoms with Crippen LogP contribution in [0.25, 0.3) is 0 Å². The predicted octanol–water partition coefficient (Wildman–Crippen LogP) is 2.72. The van der Waals surface area contributed by atoms with Crippen molar-refractivity contribution in [3.8, 4) is 0 Å². The van der Waals surface area contributed by atoms with Gasteiger partial charge >= 0.3 is 5.97 Å². The van der Waals surface area contributed by atoms with Crippen molar-refractivity contribution >= 4 is 11.9 Å². The average Bonchev–Trinajstić information content (AvgIpc) is 3.17. The van der Waals surface area contributed by atoms with Crippen LogP contribution in [0.15, 0.2) is 0 Å². The number of carbonyl (C=O) groups is 2. The zero-order chi connectivity index (χ0) is 13.9. The first-order valence-electron chi connectivity index (χ1n) is 7.52. The second-order valence-corrected chi connectivity index (χ2v) is 6.45. The molecule has 2 fully saturated rings. The van der Waals surface area contributed by atoms with E-state index >= 15 is 0 Å². The van der Waals surface area contributed by atoms with Crippen molar-refractivity contribution in [3.05, 3.63) is 0 Å². The molecule has 0 unspecified atom stereocenters. The number of hydrogen-bond acceptors (Lipinski definition) is 2. The van der Waals surface area contributed by atoms with Crippen LogP contribution in [0.2, 0.25) is 0 Å². The van der Waals surface area contributed by atoms with E-state index in [1.165, 1.54) is 6.42 Å². The maximum atomic E-state index is 12.2. The van der Waals surface area contributed by atoms with Gasteiger partial charge in [0.25, 0.3) is 0 Å². The van der Waals surface area contributed by atoms with Crippen LogP contribution in [0.4, 0.5) is 0 Å². The minimum Gasteiger partial charge on any atom is -0.481 e. The first kappa shape index (κ1) is 14.4. The fraction of sp³-hybridized carbons (Fsp3) is 0.867. The molecule has 2 aliphatic rings. The lowest BCUT2D eigenvalue weighted by molar-refractivity contribution is -0.141. The quantitative estimate of drug-likeness (QED) is 0.777. The van der Waals surface area contributed by atoms with Gasteiger partial charge in [0.1, 0.15) is 0 Å². The molecule has 2 N–H and O–H groups in total. The van der Waals surface area contributed by atoms with Crippen LogP contribution in [0.5, 0.6) is 0 Å². The summed E-state index contributed by atoms with van der Waals surface area (Å²) in [5.74, 6) is -0.599. The Morgan fingerprint density at radius 3 is 2.21 bits per heavy atom. The van der Waals surface area contributed by atoms with Gasteiger partial charge < -0.3 is 10.4 Å². The van der Waals surface area contributed by atoms with Gasteiger partial charge in [-0.3, -0.25) is 9.59 Å². The Bertz CT molecular complexity index is 354. The van der Waals surface area contributed by atoms with Gasteiger partial charge in [-0.05, 0) is 37.5 Å². The molecule has 0 saturated heterocycles. The Labute approximate surface area is 115 Å². The van der Waals surface area contributed by atoms with Gasteiger partial charge in [0.15, 0.2) is 0 Å². The van der Waals surface area contributed by atoms with E-state index in [2.05, 4.69) is 12.2 Å². The largest absolute Gasteiger partial charge is 0.481 e. The first-order valence-corrected chi connectivity index (χ1v) is 7.52. The topological polar surface area (TPSA) is 66.4 Å². The average molecular weight is 267 g/mol. The van der Waals surface area contributed by atoms with E-state index in [0.29, 0.717) is 6.54 Å². The number of rotatable bonds is 6. The molecule has 0 radical (unpaired) electrons. The first-order chi connectivity index (χ1) is 9.02. The summed E-state index contributed by atoms with van der Waals surface area (Å²) in [6.45, 7) is 2.60. The highest BCUT2D eigenvalue weighted by Crippen LogP contribution is 2.49. The van der Waals surface area contributed by atoms with E-state index in [1.54, 1.807) is 0 Å². The molecule has 4 nitrogen and oxygen atoms in total. The van der Waals surface area contributed by atoms with E-state index in [-0.39, 0.29) is 23.2 Å². The summed E-state index contributed by atoms with van der Waals surface area (Å²) in [4.78, 5) is 23.2. The highest BCUT2D eigenvalue weighted by Gasteiger charge is 2.48. The van der Waals surface area contributed by atoms with Crippen LogP contribution in [0.1, 0.15) is 64.7 Å². The lowest BCUT2D eigenvalue weighted by Gasteiger charge is -2.36. The van der Waals surface area contributed by atoms with Crippen molar-refractivity contribution in [3.63, 3.8) is 0 Å². The number of nitrogens with one attached hydrogen (secondary N) is 1. The fourth-order valence-corrected chi connectivity index (χ4v) is 3.39. The van der Waals surface area contributed by atoms with Crippen LogP contribution in [-0.2, 0) is 9.59 Å². The minimum atomic E-state index is -0.743. The van der Waals surface area contributed by atoms with E-state index in [1.807, 2.05) is 0 Å². The third kappa shape index (κ3) is 3.28. The normalized spacial score (nSPS) is 23.6. The smallest absolute Gasteiger partial charge is 0.303 e. The Hall–Kier alpha value is -1.06. The van der Waals surface area contributed by atoms with E-state index < -0.39 is 5.97 Å². The number of aliphatic carboxylic acids is 1. The molecular weight excluding hydrogens is 242 g/mol. The molecular formula is C15H25NO3. The molecule has 4 heteroatoms. The fourth-order valence-electron chi connectivity index (χ4n) is 3.39. The van der Waals surface area contributed by atoms with Crippen molar-refractivity contribution in [1.29, 1.82) is 0 Å².